The summed E-state index contributed by atoms with van der Waals surface area (Å²) in [5, 5.41) is 16.3. The Morgan fingerprint density at radius 3 is 2.56 bits per heavy atom. The van der Waals surface area contributed by atoms with Crippen molar-refractivity contribution in [3.05, 3.63) is 63.7 Å². The topological polar surface area (TPSA) is 111 Å². The Bertz CT molecular complexity index is 820. The van der Waals surface area contributed by atoms with Crippen LogP contribution in [0.3, 0.4) is 0 Å². The lowest BCUT2D eigenvalue weighted by Crippen LogP contribution is -2.23. The summed E-state index contributed by atoms with van der Waals surface area (Å²) in [6, 6.07) is 10.8. The molecule has 0 aliphatic heterocycles. The van der Waals surface area contributed by atoms with E-state index in [-0.39, 0.29) is 17.8 Å². The molecule has 2 aromatic rings. The van der Waals surface area contributed by atoms with Gasteiger partial charge >= 0.3 is 5.97 Å². The fraction of sp³-hybridized carbons (Fsp3) is 0.176. The van der Waals surface area contributed by atoms with E-state index < -0.39 is 16.8 Å². The molecule has 0 saturated heterocycles. The zero-order valence-corrected chi connectivity index (χ0v) is 13.7. The summed E-state index contributed by atoms with van der Waals surface area (Å²) < 4.78 is 4.67. The number of aryl methyl sites for hydroxylation is 1. The van der Waals surface area contributed by atoms with Gasteiger partial charge in [-0.05, 0) is 24.6 Å². The highest BCUT2D eigenvalue weighted by molar-refractivity contribution is 6.02. The molecule has 0 bridgehead atoms. The maximum Gasteiger partial charge on any atom is 0.339 e. The smallest absolute Gasteiger partial charge is 0.339 e. The third-order valence-electron chi connectivity index (χ3n) is 3.48. The van der Waals surface area contributed by atoms with Crippen LogP contribution in [-0.4, -0.2) is 30.5 Å². The molecule has 0 atom stereocenters. The molecule has 2 N–H and O–H groups in total. The van der Waals surface area contributed by atoms with Gasteiger partial charge in [-0.3, -0.25) is 14.9 Å². The van der Waals surface area contributed by atoms with Gasteiger partial charge in [-0.1, -0.05) is 18.2 Å². The Balaban J connectivity index is 2.06. The second-order valence-corrected chi connectivity index (χ2v) is 5.20. The SMILES string of the molecule is COC(=O)c1ccccc1NC(=O)CNc1cc([N+](=O)[O-])ccc1C. The average molecular weight is 343 g/mol. The van der Waals surface area contributed by atoms with E-state index in [1.165, 1.54) is 19.2 Å². The predicted molar refractivity (Wildman–Crippen MR) is 92.7 cm³/mol. The van der Waals surface area contributed by atoms with E-state index in [1.807, 2.05) is 0 Å². The van der Waals surface area contributed by atoms with Gasteiger partial charge in [0.1, 0.15) is 0 Å². The molecular formula is C17H17N3O5. The van der Waals surface area contributed by atoms with Gasteiger partial charge in [0.15, 0.2) is 0 Å². The number of carbonyl (C=O) groups is 2. The molecule has 0 aromatic heterocycles. The standard InChI is InChI=1S/C17H17N3O5/c1-11-7-8-12(20(23)24)9-15(11)18-10-16(21)19-14-6-4-3-5-13(14)17(22)25-2/h3-9,18H,10H2,1-2H3,(H,19,21). The largest absolute Gasteiger partial charge is 0.465 e. The van der Waals surface area contributed by atoms with Crippen molar-refractivity contribution in [3.8, 4) is 0 Å². The van der Waals surface area contributed by atoms with Gasteiger partial charge < -0.3 is 15.4 Å². The predicted octanol–water partition coefficient (Wildman–Crippen LogP) is 2.74. The van der Waals surface area contributed by atoms with Crippen molar-refractivity contribution < 1.29 is 19.2 Å². The molecule has 25 heavy (non-hydrogen) atoms. The first kappa shape index (κ1) is 17.9. The van der Waals surface area contributed by atoms with E-state index in [0.717, 1.165) is 5.56 Å². The number of methoxy groups -OCH3 is 1. The maximum absolute atomic E-state index is 12.1. The highest BCUT2D eigenvalue weighted by Gasteiger charge is 2.14. The van der Waals surface area contributed by atoms with Crippen LogP contribution in [0.25, 0.3) is 0 Å². The second-order valence-electron chi connectivity index (χ2n) is 5.20. The Labute approximate surface area is 144 Å². The number of nitrogens with zero attached hydrogens (tertiary/aromatic N) is 1. The van der Waals surface area contributed by atoms with Gasteiger partial charge in [0, 0.05) is 17.8 Å². The van der Waals surface area contributed by atoms with E-state index in [4.69, 9.17) is 0 Å². The van der Waals surface area contributed by atoms with Gasteiger partial charge in [0.05, 0.1) is 29.8 Å². The lowest BCUT2D eigenvalue weighted by Gasteiger charge is -2.12. The van der Waals surface area contributed by atoms with E-state index in [1.54, 1.807) is 37.3 Å². The highest BCUT2D eigenvalue weighted by atomic mass is 16.6. The molecule has 2 rings (SSSR count). The molecule has 0 aliphatic rings. The zero-order chi connectivity index (χ0) is 18.4. The fourth-order valence-electron chi connectivity index (χ4n) is 2.16. The van der Waals surface area contributed by atoms with Crippen molar-refractivity contribution in [2.24, 2.45) is 0 Å². The van der Waals surface area contributed by atoms with Crippen molar-refractivity contribution in [1.29, 1.82) is 0 Å². The number of hydrogen-bond donors (Lipinski definition) is 2. The molecule has 1 amide bonds. The van der Waals surface area contributed by atoms with Crippen molar-refractivity contribution in [2.75, 3.05) is 24.3 Å². The summed E-state index contributed by atoms with van der Waals surface area (Å²) in [6.45, 7) is 1.66. The van der Waals surface area contributed by atoms with E-state index >= 15 is 0 Å². The number of nitro benzene ring substituents is 1. The summed E-state index contributed by atoms with van der Waals surface area (Å²) in [5.41, 5.74) is 1.77. The van der Waals surface area contributed by atoms with E-state index in [0.29, 0.717) is 11.4 Å². The van der Waals surface area contributed by atoms with Crippen LogP contribution in [0.15, 0.2) is 42.5 Å². The van der Waals surface area contributed by atoms with E-state index in [9.17, 15) is 19.7 Å². The van der Waals surface area contributed by atoms with Crippen molar-refractivity contribution in [3.63, 3.8) is 0 Å². The summed E-state index contributed by atoms with van der Waals surface area (Å²) in [7, 11) is 1.26. The molecule has 0 heterocycles. The minimum absolute atomic E-state index is 0.0652. The minimum Gasteiger partial charge on any atom is -0.465 e. The molecule has 8 heteroatoms. The number of rotatable bonds is 6. The number of carbonyl (C=O) groups excluding carboxylic acids is 2. The third kappa shape index (κ3) is 4.54. The Kier molecular flexibility index (Phi) is 5.67. The summed E-state index contributed by atoms with van der Waals surface area (Å²) >= 11 is 0. The van der Waals surface area contributed by atoms with Gasteiger partial charge in [0.25, 0.3) is 5.69 Å². The van der Waals surface area contributed by atoms with Crippen LogP contribution in [-0.2, 0) is 9.53 Å². The zero-order valence-electron chi connectivity index (χ0n) is 13.7. The Morgan fingerprint density at radius 2 is 1.88 bits per heavy atom. The first-order valence-electron chi connectivity index (χ1n) is 7.38. The van der Waals surface area contributed by atoms with E-state index in [2.05, 4.69) is 15.4 Å². The maximum atomic E-state index is 12.1. The quantitative estimate of drug-likeness (QED) is 0.474. The lowest BCUT2D eigenvalue weighted by molar-refractivity contribution is -0.384. The monoisotopic (exact) mass is 343 g/mol. The van der Waals surface area contributed by atoms with Gasteiger partial charge in [-0.25, -0.2) is 4.79 Å². The Morgan fingerprint density at radius 1 is 1.16 bits per heavy atom. The van der Waals surface area contributed by atoms with Crippen LogP contribution in [0.4, 0.5) is 17.1 Å². The number of para-hydroxylation sites is 1. The first-order valence-corrected chi connectivity index (χ1v) is 7.38. The number of nitro groups is 1. The van der Waals surface area contributed by atoms with Gasteiger partial charge in [-0.2, -0.15) is 0 Å². The number of benzene rings is 2. The number of hydrogen-bond acceptors (Lipinski definition) is 6. The summed E-state index contributed by atoms with van der Waals surface area (Å²) in [6.07, 6.45) is 0. The molecule has 0 saturated carbocycles. The number of amides is 1. The van der Waals surface area contributed by atoms with Crippen LogP contribution >= 0.6 is 0 Å². The van der Waals surface area contributed by atoms with Crippen molar-refractivity contribution in [2.45, 2.75) is 6.92 Å². The highest BCUT2D eigenvalue weighted by Crippen LogP contribution is 2.22. The lowest BCUT2D eigenvalue weighted by atomic mass is 10.1. The molecule has 0 spiro atoms. The van der Waals surface area contributed by atoms with Crippen LogP contribution in [0, 0.1) is 17.0 Å². The normalized spacial score (nSPS) is 10.0. The summed E-state index contributed by atoms with van der Waals surface area (Å²) in [4.78, 5) is 34.1. The van der Waals surface area contributed by atoms with Crippen LogP contribution in [0.5, 0.6) is 0 Å². The molecule has 0 radical (unpaired) electrons. The molecule has 0 aliphatic carbocycles. The number of ether oxygens (including phenoxy) is 1. The summed E-state index contributed by atoms with van der Waals surface area (Å²) in [5.74, 6) is -0.958. The third-order valence-corrected chi connectivity index (χ3v) is 3.48. The first-order chi connectivity index (χ1) is 11.9. The molecule has 8 nitrogen and oxygen atoms in total. The van der Waals surface area contributed by atoms with Gasteiger partial charge in [0.2, 0.25) is 5.91 Å². The number of non-ortho nitro benzene ring substituents is 1. The van der Waals surface area contributed by atoms with Crippen LogP contribution < -0.4 is 10.6 Å². The van der Waals surface area contributed by atoms with Crippen LogP contribution in [0.1, 0.15) is 15.9 Å². The van der Waals surface area contributed by atoms with Crippen molar-refractivity contribution in [1.82, 2.24) is 0 Å². The second kappa shape index (κ2) is 7.91. The number of anilines is 2. The molecule has 130 valence electrons. The van der Waals surface area contributed by atoms with Gasteiger partial charge in [-0.15, -0.1) is 0 Å². The average Bonchev–Trinajstić information content (AvgIpc) is 2.60. The van der Waals surface area contributed by atoms with Crippen molar-refractivity contribution >= 4 is 28.9 Å². The minimum atomic E-state index is -0.557. The molecule has 0 unspecified atom stereocenters. The number of nitrogens with one attached hydrogen (secondary N) is 2. The Hall–Kier alpha value is -3.42. The molecule has 0 fully saturated rings. The molecule has 2 aromatic carbocycles. The number of esters is 1. The fourth-order valence-corrected chi connectivity index (χ4v) is 2.16. The molecular weight excluding hydrogens is 326 g/mol. The van der Waals surface area contributed by atoms with Crippen LogP contribution in [0.2, 0.25) is 0 Å².